The molecule has 1 aromatic heterocycles. The van der Waals surface area contributed by atoms with E-state index in [0.29, 0.717) is 16.7 Å². The van der Waals surface area contributed by atoms with E-state index in [-0.39, 0.29) is 25.2 Å². The lowest BCUT2D eigenvalue weighted by Crippen LogP contribution is -2.43. The van der Waals surface area contributed by atoms with Crippen molar-refractivity contribution >= 4 is 29.2 Å². The minimum Gasteiger partial charge on any atom is -0.407 e. The van der Waals surface area contributed by atoms with Crippen LogP contribution in [0.4, 0.5) is 0 Å². The monoisotopic (exact) mass is 302 g/mol. The highest BCUT2D eigenvalue weighted by Gasteiger charge is 2.31. The molecule has 1 aliphatic heterocycles. The number of imide groups is 1. The number of aryl methyl sites for hydroxylation is 1. The third-order valence-corrected chi connectivity index (χ3v) is 3.76. The quantitative estimate of drug-likeness (QED) is 0.662. The molecule has 1 aromatic carbocycles. The van der Waals surface area contributed by atoms with Gasteiger partial charge >= 0.3 is 5.76 Å². The van der Waals surface area contributed by atoms with Gasteiger partial charge < -0.3 is 9.21 Å². The molecule has 7 heteroatoms. The zero-order chi connectivity index (χ0) is 15.9. The molecule has 1 atom stereocenters. The van der Waals surface area contributed by atoms with Gasteiger partial charge in [-0.25, -0.2) is 4.79 Å². The zero-order valence-electron chi connectivity index (χ0n) is 11.9. The van der Waals surface area contributed by atoms with E-state index in [1.807, 2.05) is 6.92 Å². The summed E-state index contributed by atoms with van der Waals surface area (Å²) in [6.07, 6.45) is 1.27. The van der Waals surface area contributed by atoms with Crippen molar-refractivity contribution in [1.29, 1.82) is 0 Å². The molecule has 2 heterocycles. The maximum absolute atomic E-state index is 12.2. The van der Waals surface area contributed by atoms with Crippen LogP contribution in [0.25, 0.3) is 11.1 Å². The fourth-order valence-corrected chi connectivity index (χ4v) is 2.82. The summed E-state index contributed by atoms with van der Waals surface area (Å²) in [5.74, 6) is -1.53. The molecule has 1 fully saturated rings. The van der Waals surface area contributed by atoms with Gasteiger partial charge in [-0.15, -0.1) is 0 Å². The molecule has 1 N–H and O–H groups in total. The number of fused-ring (bicyclic) bond motifs is 1. The molecule has 1 unspecified atom stereocenters. The van der Waals surface area contributed by atoms with Gasteiger partial charge in [-0.2, -0.15) is 0 Å². The number of amides is 2. The van der Waals surface area contributed by atoms with E-state index in [0.717, 1.165) is 11.8 Å². The van der Waals surface area contributed by atoms with Gasteiger partial charge in [0.15, 0.2) is 5.58 Å². The normalized spacial score (nSPS) is 18.5. The van der Waals surface area contributed by atoms with Gasteiger partial charge in [0.1, 0.15) is 12.3 Å². The van der Waals surface area contributed by atoms with Gasteiger partial charge in [0.05, 0.1) is 5.52 Å². The molecule has 114 valence electrons. The minimum atomic E-state index is -0.780. The van der Waals surface area contributed by atoms with Gasteiger partial charge in [-0.05, 0) is 25.0 Å². The molecule has 0 aliphatic carbocycles. The van der Waals surface area contributed by atoms with Crippen molar-refractivity contribution in [2.45, 2.75) is 32.2 Å². The highest BCUT2D eigenvalue weighted by Crippen LogP contribution is 2.26. The predicted octanol–water partition coefficient (Wildman–Crippen LogP) is 0.622. The fourth-order valence-electron chi connectivity index (χ4n) is 2.82. The number of aldehydes is 1. The number of benzene rings is 1. The van der Waals surface area contributed by atoms with Gasteiger partial charge in [0.2, 0.25) is 11.8 Å². The second-order valence-corrected chi connectivity index (χ2v) is 5.35. The van der Waals surface area contributed by atoms with Crippen molar-refractivity contribution in [3.05, 3.63) is 33.8 Å². The summed E-state index contributed by atoms with van der Waals surface area (Å²) < 4.78 is 6.51. The standard InChI is InChI=1S/C15H14N2O5/c1-8-6-9(4-5-18)13-11(7-8)17(15(21)22-13)10-2-3-12(19)16-14(10)20/h5-7,10H,2-4H2,1H3,(H,16,19,20). The van der Waals surface area contributed by atoms with Gasteiger partial charge in [0, 0.05) is 18.4 Å². The topological polar surface area (TPSA) is 98.4 Å². The summed E-state index contributed by atoms with van der Waals surface area (Å²) in [7, 11) is 0. The average Bonchev–Trinajstić information content (AvgIpc) is 2.76. The summed E-state index contributed by atoms with van der Waals surface area (Å²) in [6.45, 7) is 1.83. The van der Waals surface area contributed by atoms with E-state index in [1.54, 1.807) is 12.1 Å². The Balaban J connectivity index is 2.20. The Bertz CT molecular complexity index is 845. The van der Waals surface area contributed by atoms with Crippen LogP contribution in [0.1, 0.15) is 30.0 Å². The Labute approximate surface area is 124 Å². The molecule has 1 aliphatic rings. The average molecular weight is 302 g/mol. The second kappa shape index (κ2) is 5.25. The van der Waals surface area contributed by atoms with Crippen molar-refractivity contribution in [2.24, 2.45) is 0 Å². The molecular weight excluding hydrogens is 288 g/mol. The van der Waals surface area contributed by atoms with Crippen LogP contribution in [0.5, 0.6) is 0 Å². The number of nitrogens with zero attached hydrogens (tertiary/aromatic N) is 1. The Morgan fingerprint density at radius 3 is 2.82 bits per heavy atom. The molecule has 0 radical (unpaired) electrons. The molecule has 0 spiro atoms. The third kappa shape index (κ3) is 2.24. The van der Waals surface area contributed by atoms with Crippen LogP contribution in [0.3, 0.4) is 0 Å². The third-order valence-electron chi connectivity index (χ3n) is 3.76. The molecule has 2 amide bonds. The highest BCUT2D eigenvalue weighted by molar-refractivity contribution is 6.00. The molecule has 7 nitrogen and oxygen atoms in total. The zero-order valence-corrected chi connectivity index (χ0v) is 11.9. The SMILES string of the molecule is Cc1cc(CC=O)c2oc(=O)n(C3CCC(=O)NC3=O)c2c1. The van der Waals surface area contributed by atoms with Crippen LogP contribution in [-0.2, 0) is 20.8 Å². The molecule has 0 saturated carbocycles. The van der Waals surface area contributed by atoms with E-state index >= 15 is 0 Å². The predicted molar refractivity (Wildman–Crippen MR) is 76.4 cm³/mol. The number of nitrogens with one attached hydrogen (secondary N) is 1. The van der Waals surface area contributed by atoms with Crippen molar-refractivity contribution < 1.29 is 18.8 Å². The lowest BCUT2D eigenvalue weighted by molar-refractivity contribution is -0.135. The molecule has 22 heavy (non-hydrogen) atoms. The lowest BCUT2D eigenvalue weighted by Gasteiger charge is -2.21. The molecule has 3 rings (SSSR count). The van der Waals surface area contributed by atoms with Crippen LogP contribution >= 0.6 is 0 Å². The summed E-state index contributed by atoms with van der Waals surface area (Å²) >= 11 is 0. The Kier molecular flexibility index (Phi) is 3.40. The van der Waals surface area contributed by atoms with Crippen molar-refractivity contribution in [3.63, 3.8) is 0 Å². The first-order valence-corrected chi connectivity index (χ1v) is 6.93. The van der Waals surface area contributed by atoms with E-state index in [4.69, 9.17) is 4.42 Å². The first kappa shape index (κ1) is 14.2. The summed E-state index contributed by atoms with van der Waals surface area (Å²) in [5.41, 5.74) is 2.24. The summed E-state index contributed by atoms with van der Waals surface area (Å²) in [5, 5.41) is 2.23. The number of hydrogen-bond acceptors (Lipinski definition) is 5. The highest BCUT2D eigenvalue weighted by atomic mass is 16.4. The van der Waals surface area contributed by atoms with Crippen molar-refractivity contribution in [1.82, 2.24) is 9.88 Å². The number of carbonyl (C=O) groups excluding carboxylic acids is 3. The van der Waals surface area contributed by atoms with Gasteiger partial charge in [0.25, 0.3) is 0 Å². The van der Waals surface area contributed by atoms with Crippen molar-refractivity contribution in [2.75, 3.05) is 0 Å². The molecular formula is C15H14N2O5. The first-order chi connectivity index (χ1) is 10.5. The van der Waals surface area contributed by atoms with Crippen LogP contribution in [0.15, 0.2) is 21.3 Å². The summed E-state index contributed by atoms with van der Waals surface area (Å²) in [4.78, 5) is 46.2. The van der Waals surface area contributed by atoms with E-state index in [9.17, 15) is 19.2 Å². The maximum atomic E-state index is 12.2. The lowest BCUT2D eigenvalue weighted by atomic mass is 10.0. The van der Waals surface area contributed by atoms with Crippen LogP contribution in [0.2, 0.25) is 0 Å². The van der Waals surface area contributed by atoms with E-state index in [2.05, 4.69) is 5.32 Å². The van der Waals surface area contributed by atoms with Gasteiger partial charge in [-0.3, -0.25) is 19.5 Å². The first-order valence-electron chi connectivity index (χ1n) is 6.93. The van der Waals surface area contributed by atoms with Gasteiger partial charge in [-0.1, -0.05) is 6.07 Å². The molecule has 2 aromatic rings. The van der Waals surface area contributed by atoms with E-state index < -0.39 is 17.7 Å². The van der Waals surface area contributed by atoms with Crippen molar-refractivity contribution in [3.8, 4) is 0 Å². The van der Waals surface area contributed by atoms with E-state index in [1.165, 1.54) is 4.57 Å². The second-order valence-electron chi connectivity index (χ2n) is 5.35. The number of aromatic nitrogens is 1. The maximum Gasteiger partial charge on any atom is 0.420 e. The number of rotatable bonds is 3. The minimum absolute atomic E-state index is 0.125. The molecule has 0 bridgehead atoms. The van der Waals surface area contributed by atoms with Crippen LogP contribution in [0, 0.1) is 6.92 Å². The van der Waals surface area contributed by atoms with Crippen LogP contribution in [-0.4, -0.2) is 22.7 Å². The smallest absolute Gasteiger partial charge is 0.407 e. The van der Waals surface area contributed by atoms with Crippen LogP contribution < -0.4 is 11.1 Å². The Hall–Kier alpha value is -2.70. The number of hydrogen-bond donors (Lipinski definition) is 1. The molecule has 1 saturated heterocycles. The number of oxazole rings is 1. The Morgan fingerprint density at radius 1 is 1.36 bits per heavy atom. The fraction of sp³-hybridized carbons (Fsp3) is 0.333. The summed E-state index contributed by atoms with van der Waals surface area (Å²) in [6, 6.07) is 2.73. The number of piperidine rings is 1. The largest absolute Gasteiger partial charge is 0.420 e. The number of carbonyl (C=O) groups is 3. The Morgan fingerprint density at radius 2 is 2.14 bits per heavy atom.